The normalized spacial score (nSPS) is 32.8. The van der Waals surface area contributed by atoms with Crippen molar-refractivity contribution in [3.8, 4) is 0 Å². The van der Waals surface area contributed by atoms with Crippen LogP contribution in [0.1, 0.15) is 52.8 Å². The van der Waals surface area contributed by atoms with Gasteiger partial charge in [0.05, 0.1) is 11.1 Å². The number of carbonyl (C=O) groups is 2. The van der Waals surface area contributed by atoms with Gasteiger partial charge in [0.1, 0.15) is 12.2 Å². The number of esters is 2. The molecule has 0 aliphatic heterocycles. The highest BCUT2D eigenvalue weighted by Crippen LogP contribution is 2.59. The van der Waals surface area contributed by atoms with Crippen LogP contribution in [0.2, 0.25) is 0 Å². The maximum Gasteiger partial charge on any atom is 0.340 e. The van der Waals surface area contributed by atoms with Gasteiger partial charge < -0.3 is 18.6 Å². The summed E-state index contributed by atoms with van der Waals surface area (Å²) in [4.78, 5) is 25.6. The molecule has 0 aromatic carbocycles. The molecule has 3 fully saturated rings. The number of fused-ring (bicyclic) bond motifs is 5. The van der Waals surface area contributed by atoms with E-state index in [1.807, 2.05) is 35.6 Å². The lowest BCUT2D eigenvalue weighted by molar-refractivity contribution is -0.0872. The van der Waals surface area contributed by atoms with Crippen molar-refractivity contribution in [3.05, 3.63) is 48.0 Å². The summed E-state index contributed by atoms with van der Waals surface area (Å²) in [5, 5.41) is 0. The van der Waals surface area contributed by atoms with Gasteiger partial charge in [-0.1, -0.05) is 12.8 Å². The number of hydrogen-bond acceptors (Lipinski definition) is 4. The molecule has 6 nitrogen and oxygen atoms in total. The molecule has 0 N–H and O–H groups in total. The van der Waals surface area contributed by atoms with Crippen LogP contribution in [0.5, 0.6) is 0 Å². The predicted octanol–water partition coefficient (Wildman–Crippen LogP) is 3.57. The molecular weight excluding hydrogens is 368 g/mol. The molecular formula is C23H28N2O4. The van der Waals surface area contributed by atoms with Gasteiger partial charge in [-0.05, 0) is 43.2 Å². The van der Waals surface area contributed by atoms with Gasteiger partial charge in [0.25, 0.3) is 0 Å². The zero-order chi connectivity index (χ0) is 20.1. The molecule has 3 saturated carbocycles. The maximum absolute atomic E-state index is 12.8. The third-order valence-corrected chi connectivity index (χ3v) is 7.31. The second-order valence-electron chi connectivity index (χ2n) is 9.05. The highest BCUT2D eigenvalue weighted by atomic mass is 16.6. The third-order valence-electron chi connectivity index (χ3n) is 7.31. The molecule has 2 bridgehead atoms. The van der Waals surface area contributed by atoms with Crippen molar-refractivity contribution in [2.24, 2.45) is 37.8 Å². The number of aromatic nitrogens is 2. The summed E-state index contributed by atoms with van der Waals surface area (Å²) < 4.78 is 15.7. The van der Waals surface area contributed by atoms with Crippen LogP contribution in [0.4, 0.5) is 0 Å². The number of carbonyl (C=O) groups excluding carboxylic acids is 2. The van der Waals surface area contributed by atoms with Crippen LogP contribution in [0.25, 0.3) is 0 Å². The molecule has 3 aliphatic carbocycles. The van der Waals surface area contributed by atoms with Crippen molar-refractivity contribution in [3.63, 3.8) is 0 Å². The monoisotopic (exact) mass is 396 g/mol. The number of aryl methyl sites for hydroxylation is 2. The van der Waals surface area contributed by atoms with E-state index in [2.05, 4.69) is 0 Å². The number of rotatable bonds is 4. The average Bonchev–Trinajstić information content (AvgIpc) is 3.47. The smallest absolute Gasteiger partial charge is 0.340 e. The quantitative estimate of drug-likeness (QED) is 0.741. The van der Waals surface area contributed by atoms with E-state index < -0.39 is 0 Å². The Morgan fingerprint density at radius 3 is 1.62 bits per heavy atom. The molecule has 0 radical (unpaired) electrons. The van der Waals surface area contributed by atoms with E-state index in [4.69, 9.17) is 9.47 Å². The molecule has 5 rings (SSSR count). The summed E-state index contributed by atoms with van der Waals surface area (Å²) in [6.45, 7) is 0. The van der Waals surface area contributed by atoms with Gasteiger partial charge in [-0.25, -0.2) is 9.59 Å². The molecule has 29 heavy (non-hydrogen) atoms. The second kappa shape index (κ2) is 7.08. The number of hydrogen-bond donors (Lipinski definition) is 0. The van der Waals surface area contributed by atoms with Crippen LogP contribution in [0.15, 0.2) is 36.9 Å². The fourth-order valence-corrected chi connectivity index (χ4v) is 6.10. The van der Waals surface area contributed by atoms with Crippen molar-refractivity contribution in [2.45, 2.75) is 44.3 Å². The molecule has 0 spiro atoms. The first-order chi connectivity index (χ1) is 14.0. The topological polar surface area (TPSA) is 62.5 Å². The van der Waals surface area contributed by atoms with Crippen LogP contribution in [-0.2, 0) is 23.6 Å². The highest BCUT2D eigenvalue weighted by molar-refractivity contribution is 5.90. The second-order valence-corrected chi connectivity index (χ2v) is 9.05. The van der Waals surface area contributed by atoms with E-state index >= 15 is 0 Å². The van der Waals surface area contributed by atoms with Crippen molar-refractivity contribution in [2.75, 3.05) is 0 Å². The summed E-state index contributed by atoms with van der Waals surface area (Å²) in [5.41, 5.74) is 1.09. The van der Waals surface area contributed by atoms with Gasteiger partial charge in [-0.2, -0.15) is 0 Å². The minimum absolute atomic E-state index is 0.298. The van der Waals surface area contributed by atoms with Crippen molar-refractivity contribution < 1.29 is 19.1 Å². The first-order valence-electron chi connectivity index (χ1n) is 10.7. The number of ether oxygens (including phenoxy) is 2. The SMILES string of the molecule is Cn1ccc(C(=O)OC2C3CC(C4CCCCC43)C2OC(=O)c2ccn(C)c2)c1. The molecule has 0 amide bonds. The maximum atomic E-state index is 12.8. The summed E-state index contributed by atoms with van der Waals surface area (Å²) in [6.07, 6.45) is 12.4. The molecule has 2 heterocycles. The summed E-state index contributed by atoms with van der Waals surface area (Å²) in [7, 11) is 3.76. The van der Waals surface area contributed by atoms with E-state index in [9.17, 15) is 9.59 Å². The lowest BCUT2D eigenvalue weighted by atomic mass is 9.69. The van der Waals surface area contributed by atoms with Gasteiger partial charge in [-0.3, -0.25) is 0 Å². The Labute approximate surface area is 170 Å². The van der Waals surface area contributed by atoms with Crippen LogP contribution >= 0.6 is 0 Å². The van der Waals surface area contributed by atoms with E-state index in [1.165, 1.54) is 25.7 Å². The minimum Gasteiger partial charge on any atom is -0.454 e. The van der Waals surface area contributed by atoms with Crippen LogP contribution < -0.4 is 0 Å². The Hall–Kier alpha value is -2.50. The summed E-state index contributed by atoms with van der Waals surface area (Å²) in [5.74, 6) is 1.13. The fourth-order valence-electron chi connectivity index (χ4n) is 6.10. The van der Waals surface area contributed by atoms with Crippen molar-refractivity contribution in [1.29, 1.82) is 0 Å². The summed E-state index contributed by atoms with van der Waals surface area (Å²) >= 11 is 0. The molecule has 6 unspecified atom stereocenters. The van der Waals surface area contributed by atoms with Gasteiger partial charge in [0.2, 0.25) is 0 Å². The third kappa shape index (κ3) is 3.18. The Kier molecular flexibility index (Phi) is 4.52. The zero-order valence-corrected chi connectivity index (χ0v) is 17.0. The largest absolute Gasteiger partial charge is 0.454 e. The van der Waals surface area contributed by atoms with Crippen LogP contribution in [0.3, 0.4) is 0 Å². The van der Waals surface area contributed by atoms with Crippen LogP contribution in [0, 0.1) is 23.7 Å². The minimum atomic E-state index is -0.347. The molecule has 3 aliphatic rings. The van der Waals surface area contributed by atoms with Crippen molar-refractivity contribution in [1.82, 2.24) is 9.13 Å². The Morgan fingerprint density at radius 1 is 0.793 bits per heavy atom. The predicted molar refractivity (Wildman–Crippen MR) is 106 cm³/mol. The zero-order valence-electron chi connectivity index (χ0n) is 17.0. The van der Waals surface area contributed by atoms with Gasteiger partial charge in [0, 0.05) is 50.7 Å². The highest BCUT2D eigenvalue weighted by Gasteiger charge is 2.61. The van der Waals surface area contributed by atoms with Gasteiger partial charge in [-0.15, -0.1) is 0 Å². The molecule has 6 heteroatoms. The first kappa shape index (κ1) is 18.5. The average molecular weight is 396 g/mol. The molecule has 2 aromatic heterocycles. The van der Waals surface area contributed by atoms with E-state index in [1.54, 1.807) is 24.5 Å². The van der Waals surface area contributed by atoms with Crippen molar-refractivity contribution >= 4 is 11.9 Å². The lowest BCUT2D eigenvalue weighted by Crippen LogP contribution is -2.47. The Bertz CT molecular complexity index is 855. The van der Waals surface area contributed by atoms with E-state index in [-0.39, 0.29) is 24.1 Å². The van der Waals surface area contributed by atoms with Crippen LogP contribution in [-0.4, -0.2) is 33.3 Å². The fraction of sp³-hybridized carbons (Fsp3) is 0.565. The number of nitrogens with zero attached hydrogens (tertiary/aromatic N) is 2. The molecule has 154 valence electrons. The Morgan fingerprint density at radius 2 is 1.24 bits per heavy atom. The van der Waals surface area contributed by atoms with E-state index in [0.717, 1.165) is 6.42 Å². The lowest BCUT2D eigenvalue weighted by Gasteiger charge is -2.42. The van der Waals surface area contributed by atoms with Gasteiger partial charge in [0.15, 0.2) is 0 Å². The molecule has 0 saturated heterocycles. The Balaban J connectivity index is 1.38. The standard InChI is InChI=1S/C23H28N2O4/c1-24-9-7-14(12-24)22(26)28-20-18-11-19(17-6-4-3-5-16(17)18)21(20)29-23(27)15-8-10-25(2)13-15/h7-10,12-13,16-21H,3-6,11H2,1-2H3. The molecule has 2 aromatic rings. The first-order valence-corrected chi connectivity index (χ1v) is 10.7. The van der Waals surface area contributed by atoms with E-state index in [0.29, 0.717) is 34.8 Å². The summed E-state index contributed by atoms with van der Waals surface area (Å²) in [6, 6.07) is 3.54. The van der Waals surface area contributed by atoms with Gasteiger partial charge >= 0.3 is 11.9 Å². The molecule has 6 atom stereocenters.